The lowest BCUT2D eigenvalue weighted by Gasteiger charge is -2.04. The van der Waals surface area contributed by atoms with E-state index in [-0.39, 0.29) is 35.5 Å². The molecule has 10 heteroatoms. The first kappa shape index (κ1) is 29.9. The van der Waals surface area contributed by atoms with Gasteiger partial charge in [-0.25, -0.2) is 28.8 Å². The zero-order valence-electron chi connectivity index (χ0n) is 18.2. The Morgan fingerprint density at radius 1 is 0.688 bits per heavy atom. The fourth-order valence-corrected chi connectivity index (χ4v) is 1.22. The van der Waals surface area contributed by atoms with Gasteiger partial charge in [-0.1, -0.05) is 13.2 Å². The second-order valence-corrected chi connectivity index (χ2v) is 5.50. The summed E-state index contributed by atoms with van der Waals surface area (Å²) in [7, 11) is 0. The van der Waals surface area contributed by atoms with Gasteiger partial charge in [0, 0.05) is 23.3 Å². The van der Waals surface area contributed by atoms with Crippen LogP contribution < -0.4 is 0 Å². The molecule has 0 bridgehead atoms. The van der Waals surface area contributed by atoms with Crippen LogP contribution in [0.2, 0.25) is 0 Å². The molecule has 0 amide bonds. The normalized spacial score (nSPS) is 10.0. The minimum atomic E-state index is -1.13. The van der Waals surface area contributed by atoms with Crippen molar-refractivity contribution in [1.29, 1.82) is 0 Å². The smallest absolute Gasteiger partial charge is 0.349 e. The Kier molecular flexibility index (Phi) is 16.5. The van der Waals surface area contributed by atoms with E-state index >= 15 is 0 Å². The van der Waals surface area contributed by atoms with E-state index in [1.54, 1.807) is 13.8 Å². The summed E-state index contributed by atoms with van der Waals surface area (Å²) < 4.78 is 18.4. The third-order valence-corrected chi connectivity index (χ3v) is 2.72. The SMILES string of the molecule is C=C(C)C(=O)OC(=O)C(=C)C.CCOC=C(C=C=O)C(=O)OC(=O)C(C=C=O)=COCC. The zero-order chi connectivity index (χ0) is 25.1. The van der Waals surface area contributed by atoms with Crippen LogP contribution in [0.25, 0.3) is 0 Å². The molecule has 0 fully saturated rings. The van der Waals surface area contributed by atoms with Crippen molar-refractivity contribution in [2.45, 2.75) is 27.7 Å². The lowest BCUT2D eigenvalue weighted by Crippen LogP contribution is -2.15. The number of hydrogen-bond donors (Lipinski definition) is 0. The fraction of sp³-hybridized carbons (Fsp3) is 0.273. The second-order valence-electron chi connectivity index (χ2n) is 5.50. The molecule has 172 valence electrons. The summed E-state index contributed by atoms with van der Waals surface area (Å²) in [6.07, 6.45) is 3.43. The van der Waals surface area contributed by atoms with Crippen LogP contribution in [0, 0.1) is 0 Å². The van der Waals surface area contributed by atoms with Crippen molar-refractivity contribution in [2.75, 3.05) is 13.2 Å². The summed E-state index contributed by atoms with van der Waals surface area (Å²) >= 11 is 0. The van der Waals surface area contributed by atoms with Gasteiger partial charge in [0.15, 0.2) is 0 Å². The molecule has 0 saturated carbocycles. The molecule has 0 spiro atoms. The molecule has 0 aromatic heterocycles. The number of esters is 4. The van der Waals surface area contributed by atoms with Gasteiger partial charge >= 0.3 is 23.9 Å². The predicted molar refractivity (Wildman–Crippen MR) is 112 cm³/mol. The Morgan fingerprint density at radius 3 is 1.25 bits per heavy atom. The van der Waals surface area contributed by atoms with Gasteiger partial charge < -0.3 is 18.9 Å². The lowest BCUT2D eigenvalue weighted by molar-refractivity contribution is -0.155. The molecule has 0 atom stereocenters. The Morgan fingerprint density at radius 2 is 1.00 bits per heavy atom. The summed E-state index contributed by atoms with van der Waals surface area (Å²) in [6, 6.07) is 0. The van der Waals surface area contributed by atoms with E-state index in [2.05, 4.69) is 22.6 Å². The van der Waals surface area contributed by atoms with Crippen molar-refractivity contribution in [2.24, 2.45) is 0 Å². The highest BCUT2D eigenvalue weighted by atomic mass is 16.6. The van der Waals surface area contributed by atoms with Crippen LogP contribution in [-0.2, 0) is 47.7 Å². The van der Waals surface area contributed by atoms with Crippen LogP contribution in [0.3, 0.4) is 0 Å². The highest BCUT2D eigenvalue weighted by molar-refractivity contribution is 6.05. The van der Waals surface area contributed by atoms with E-state index in [0.29, 0.717) is 0 Å². The van der Waals surface area contributed by atoms with E-state index in [1.807, 2.05) is 0 Å². The highest BCUT2D eigenvalue weighted by Gasteiger charge is 2.18. The van der Waals surface area contributed by atoms with Crippen molar-refractivity contribution in [3.8, 4) is 0 Å². The molecule has 0 heterocycles. The zero-order valence-corrected chi connectivity index (χ0v) is 18.2. The topological polar surface area (TPSA) is 139 Å². The Bertz CT molecular complexity index is 820. The highest BCUT2D eigenvalue weighted by Crippen LogP contribution is 2.05. The molecule has 10 nitrogen and oxygen atoms in total. The molecule has 0 rings (SSSR count). The van der Waals surface area contributed by atoms with Crippen LogP contribution >= 0.6 is 0 Å². The van der Waals surface area contributed by atoms with Crippen molar-refractivity contribution in [1.82, 2.24) is 0 Å². The quantitative estimate of drug-likeness (QED) is 0.121. The first-order valence-electron chi connectivity index (χ1n) is 8.94. The van der Waals surface area contributed by atoms with Crippen LogP contribution in [-0.4, -0.2) is 49.0 Å². The molecule has 0 saturated heterocycles. The van der Waals surface area contributed by atoms with Gasteiger partial charge in [-0.05, 0) is 27.7 Å². The standard InChI is InChI=1S/C14H14O7.C8H10O3/c1-3-19-9-11(5-7-15)13(17)21-14(18)12(6-8-16)10-20-4-2;1-5(2)7(9)11-8(10)6(3)4/h5-6,9-10H,3-4H2,1-2H3;1,3H2,2,4H3. The van der Waals surface area contributed by atoms with E-state index in [4.69, 9.17) is 9.47 Å². The maximum absolute atomic E-state index is 11.7. The average molecular weight is 448 g/mol. The predicted octanol–water partition coefficient (Wildman–Crippen LogP) is 1.88. The number of rotatable bonds is 10. The van der Waals surface area contributed by atoms with Crippen LogP contribution in [0.4, 0.5) is 0 Å². The number of carbonyl (C=O) groups excluding carboxylic acids is 6. The maximum atomic E-state index is 11.7. The summed E-state index contributed by atoms with van der Waals surface area (Å²) in [6.45, 7) is 13.4. The van der Waals surface area contributed by atoms with Gasteiger partial charge in [-0.2, -0.15) is 0 Å². The first-order chi connectivity index (χ1) is 15.0. The van der Waals surface area contributed by atoms with E-state index in [1.165, 1.54) is 25.7 Å². The number of carbonyl (C=O) groups is 4. The first-order valence-corrected chi connectivity index (χ1v) is 8.94. The molecule has 0 unspecified atom stereocenters. The minimum absolute atomic E-state index is 0.194. The molecule has 0 aliphatic heterocycles. The van der Waals surface area contributed by atoms with Crippen LogP contribution in [0.1, 0.15) is 27.7 Å². The van der Waals surface area contributed by atoms with Gasteiger partial charge in [-0.3, -0.25) is 0 Å². The molecule has 0 aliphatic rings. The Hall–Kier alpha value is -4.26. The molecule has 0 radical (unpaired) electrons. The van der Waals surface area contributed by atoms with E-state index in [9.17, 15) is 28.8 Å². The van der Waals surface area contributed by atoms with Gasteiger partial charge in [-0.15, -0.1) is 0 Å². The molecular formula is C22H24O10. The molecule has 0 aliphatic carbocycles. The maximum Gasteiger partial charge on any atom is 0.349 e. The summed E-state index contributed by atoms with van der Waals surface area (Å²) in [5.74, 6) is -0.924. The minimum Gasteiger partial charge on any atom is -0.501 e. The fourth-order valence-electron chi connectivity index (χ4n) is 1.22. The number of ether oxygens (including phenoxy) is 4. The summed E-state index contributed by atoms with van der Waals surface area (Å²) in [4.78, 5) is 65.2. The van der Waals surface area contributed by atoms with Crippen LogP contribution in [0.5, 0.6) is 0 Å². The van der Waals surface area contributed by atoms with Crippen LogP contribution in [0.15, 0.2) is 60.1 Å². The largest absolute Gasteiger partial charge is 0.501 e. The monoisotopic (exact) mass is 448 g/mol. The molecule has 0 N–H and O–H groups in total. The third kappa shape index (κ3) is 13.8. The lowest BCUT2D eigenvalue weighted by atomic mass is 10.3. The van der Waals surface area contributed by atoms with E-state index < -0.39 is 23.9 Å². The van der Waals surface area contributed by atoms with Gasteiger partial charge in [0.25, 0.3) is 0 Å². The van der Waals surface area contributed by atoms with Gasteiger partial charge in [0.2, 0.25) is 0 Å². The molecule has 0 aromatic carbocycles. The van der Waals surface area contributed by atoms with E-state index in [0.717, 1.165) is 24.7 Å². The summed E-state index contributed by atoms with van der Waals surface area (Å²) in [5.41, 5.74) is -0.212. The molecule has 32 heavy (non-hydrogen) atoms. The van der Waals surface area contributed by atoms with Crippen molar-refractivity contribution >= 4 is 35.8 Å². The molecular weight excluding hydrogens is 424 g/mol. The summed E-state index contributed by atoms with van der Waals surface area (Å²) in [5, 5.41) is 0. The average Bonchev–Trinajstić information content (AvgIpc) is 2.73. The Labute approximate surface area is 185 Å². The molecule has 0 aromatic rings. The van der Waals surface area contributed by atoms with Crippen molar-refractivity contribution in [3.63, 3.8) is 0 Å². The third-order valence-electron chi connectivity index (χ3n) is 2.72. The Balaban J connectivity index is 0. The van der Waals surface area contributed by atoms with Crippen molar-refractivity contribution in [3.05, 3.63) is 60.1 Å². The van der Waals surface area contributed by atoms with Gasteiger partial charge in [0.05, 0.1) is 25.7 Å². The van der Waals surface area contributed by atoms with Crippen molar-refractivity contribution < 1.29 is 47.7 Å². The number of hydrogen-bond acceptors (Lipinski definition) is 10. The van der Waals surface area contributed by atoms with Gasteiger partial charge in [0.1, 0.15) is 23.0 Å². The second kappa shape index (κ2) is 17.6.